The molecule has 0 amide bonds. The molecule has 1 N–H and O–H groups in total. The lowest BCUT2D eigenvalue weighted by atomic mass is 10.2. The zero-order chi connectivity index (χ0) is 17.9. The normalized spacial score (nSPS) is 16.0. The fourth-order valence-corrected chi connectivity index (χ4v) is 3.38. The number of nitrogens with zero attached hydrogens (tertiary/aromatic N) is 1. The summed E-state index contributed by atoms with van der Waals surface area (Å²) < 4.78 is 19.5. The average Bonchev–Trinajstić information content (AvgIpc) is 3.26. The smallest absolute Gasteiger partial charge is 0.161 e. The highest BCUT2D eigenvalue weighted by atomic mass is 16.6. The standard InChI is InChI=1S/C21H24N2O3/c1-15-10-17(16(2)23(15)13-18-6-5-9-24-18)11-22-12-19-14-25-20-7-3-4-8-21(20)26-19/h3-10,19,22H,11-14H2,1-2H3. The minimum atomic E-state index is 0.0245. The summed E-state index contributed by atoms with van der Waals surface area (Å²) in [4.78, 5) is 0. The molecule has 0 aliphatic carbocycles. The van der Waals surface area contributed by atoms with Crippen molar-refractivity contribution >= 4 is 0 Å². The van der Waals surface area contributed by atoms with Crippen LogP contribution in [-0.2, 0) is 13.1 Å². The molecule has 136 valence electrons. The lowest BCUT2D eigenvalue weighted by Crippen LogP contribution is -2.38. The molecular formula is C21H24N2O3. The number of furan rings is 1. The maximum absolute atomic E-state index is 5.99. The molecule has 0 fully saturated rings. The number of ether oxygens (including phenoxy) is 2. The quantitative estimate of drug-likeness (QED) is 0.735. The van der Waals surface area contributed by atoms with Crippen molar-refractivity contribution in [1.29, 1.82) is 0 Å². The maximum Gasteiger partial charge on any atom is 0.161 e. The Bertz CT molecular complexity index is 868. The summed E-state index contributed by atoms with van der Waals surface area (Å²) in [6, 6.07) is 14.0. The van der Waals surface area contributed by atoms with Crippen LogP contribution in [0.2, 0.25) is 0 Å². The van der Waals surface area contributed by atoms with E-state index in [1.165, 1.54) is 17.0 Å². The molecule has 2 aromatic heterocycles. The van der Waals surface area contributed by atoms with E-state index in [0.29, 0.717) is 6.61 Å². The van der Waals surface area contributed by atoms with E-state index in [9.17, 15) is 0 Å². The van der Waals surface area contributed by atoms with Crippen molar-refractivity contribution in [2.75, 3.05) is 13.2 Å². The van der Waals surface area contributed by atoms with Crippen molar-refractivity contribution in [1.82, 2.24) is 9.88 Å². The number of benzene rings is 1. The summed E-state index contributed by atoms with van der Waals surface area (Å²) in [6.45, 7) is 7.18. The topological polar surface area (TPSA) is 48.6 Å². The second-order valence-corrected chi connectivity index (χ2v) is 6.69. The Morgan fingerprint density at radius 3 is 2.77 bits per heavy atom. The molecule has 1 unspecified atom stereocenters. The van der Waals surface area contributed by atoms with Gasteiger partial charge in [-0.3, -0.25) is 0 Å². The number of nitrogens with one attached hydrogen (secondary N) is 1. The van der Waals surface area contributed by atoms with Crippen molar-refractivity contribution in [3.05, 3.63) is 71.4 Å². The fourth-order valence-electron chi connectivity index (χ4n) is 3.38. The lowest BCUT2D eigenvalue weighted by molar-refractivity contribution is 0.0902. The molecule has 0 radical (unpaired) electrons. The van der Waals surface area contributed by atoms with Gasteiger partial charge in [-0.15, -0.1) is 0 Å². The van der Waals surface area contributed by atoms with Gasteiger partial charge in [0.2, 0.25) is 0 Å². The number of fused-ring (bicyclic) bond motifs is 1. The van der Waals surface area contributed by atoms with Crippen molar-refractivity contribution in [2.24, 2.45) is 0 Å². The van der Waals surface area contributed by atoms with Crippen LogP contribution in [0, 0.1) is 13.8 Å². The van der Waals surface area contributed by atoms with Gasteiger partial charge in [0, 0.05) is 24.5 Å². The van der Waals surface area contributed by atoms with E-state index in [2.05, 4.69) is 29.8 Å². The van der Waals surface area contributed by atoms with Gasteiger partial charge in [-0.2, -0.15) is 0 Å². The number of aryl methyl sites for hydroxylation is 1. The molecule has 1 aliphatic rings. The van der Waals surface area contributed by atoms with E-state index < -0.39 is 0 Å². The molecule has 0 spiro atoms. The van der Waals surface area contributed by atoms with Gasteiger partial charge in [0.05, 0.1) is 12.8 Å². The number of hydrogen-bond donors (Lipinski definition) is 1. The largest absolute Gasteiger partial charge is 0.486 e. The molecule has 0 bridgehead atoms. The second kappa shape index (κ2) is 7.30. The van der Waals surface area contributed by atoms with Gasteiger partial charge in [0.25, 0.3) is 0 Å². The first-order chi connectivity index (χ1) is 12.7. The van der Waals surface area contributed by atoms with Gasteiger partial charge in [-0.25, -0.2) is 0 Å². The third kappa shape index (κ3) is 3.48. The third-order valence-electron chi connectivity index (χ3n) is 4.83. The highest BCUT2D eigenvalue weighted by molar-refractivity contribution is 5.40. The average molecular weight is 352 g/mol. The van der Waals surface area contributed by atoms with Crippen molar-refractivity contribution < 1.29 is 13.9 Å². The monoisotopic (exact) mass is 352 g/mol. The summed E-state index contributed by atoms with van der Waals surface area (Å²) in [7, 11) is 0. The predicted molar refractivity (Wildman–Crippen MR) is 99.8 cm³/mol. The number of rotatable bonds is 6. The molecule has 4 rings (SSSR count). The van der Waals surface area contributed by atoms with Crippen LogP contribution in [0.4, 0.5) is 0 Å². The summed E-state index contributed by atoms with van der Waals surface area (Å²) in [6.07, 6.45) is 1.74. The Labute approximate surface area is 153 Å². The molecule has 5 heteroatoms. The van der Waals surface area contributed by atoms with Crippen LogP contribution in [0.15, 0.2) is 53.1 Å². The molecule has 0 saturated carbocycles. The Morgan fingerprint density at radius 2 is 1.96 bits per heavy atom. The van der Waals surface area contributed by atoms with Gasteiger partial charge in [-0.05, 0) is 49.7 Å². The molecule has 3 heterocycles. The van der Waals surface area contributed by atoms with Crippen LogP contribution in [0.3, 0.4) is 0 Å². The zero-order valence-corrected chi connectivity index (χ0v) is 15.2. The highest BCUT2D eigenvalue weighted by Crippen LogP contribution is 2.30. The van der Waals surface area contributed by atoms with Crippen LogP contribution in [0.25, 0.3) is 0 Å². The van der Waals surface area contributed by atoms with Gasteiger partial charge < -0.3 is 23.8 Å². The number of para-hydroxylation sites is 2. The number of aromatic nitrogens is 1. The minimum absolute atomic E-state index is 0.0245. The predicted octanol–water partition coefficient (Wildman–Crippen LogP) is 3.68. The van der Waals surface area contributed by atoms with Crippen LogP contribution < -0.4 is 14.8 Å². The fraction of sp³-hybridized carbons (Fsp3) is 0.333. The molecule has 0 saturated heterocycles. The molecule has 3 aromatic rings. The summed E-state index contributed by atoms with van der Waals surface area (Å²) in [5.74, 6) is 2.62. The Balaban J connectivity index is 1.34. The van der Waals surface area contributed by atoms with Crippen LogP contribution >= 0.6 is 0 Å². The first kappa shape index (κ1) is 16.8. The van der Waals surface area contributed by atoms with E-state index in [4.69, 9.17) is 13.9 Å². The molecule has 1 aromatic carbocycles. The highest BCUT2D eigenvalue weighted by Gasteiger charge is 2.20. The molecule has 5 nitrogen and oxygen atoms in total. The molecule has 1 atom stereocenters. The van der Waals surface area contributed by atoms with Gasteiger partial charge >= 0.3 is 0 Å². The Kier molecular flexibility index (Phi) is 4.71. The van der Waals surface area contributed by atoms with Gasteiger partial charge in [-0.1, -0.05) is 12.1 Å². The van der Waals surface area contributed by atoms with Crippen LogP contribution in [-0.4, -0.2) is 23.8 Å². The van der Waals surface area contributed by atoms with E-state index in [1.807, 2.05) is 36.4 Å². The lowest BCUT2D eigenvalue weighted by Gasteiger charge is -2.26. The minimum Gasteiger partial charge on any atom is -0.486 e. The van der Waals surface area contributed by atoms with Crippen molar-refractivity contribution in [2.45, 2.75) is 33.0 Å². The van der Waals surface area contributed by atoms with Crippen LogP contribution in [0.1, 0.15) is 22.7 Å². The van der Waals surface area contributed by atoms with E-state index in [1.54, 1.807) is 6.26 Å². The maximum atomic E-state index is 5.99. The zero-order valence-electron chi connectivity index (χ0n) is 15.2. The van der Waals surface area contributed by atoms with Crippen molar-refractivity contribution in [3.63, 3.8) is 0 Å². The Morgan fingerprint density at radius 1 is 1.12 bits per heavy atom. The van der Waals surface area contributed by atoms with Crippen molar-refractivity contribution in [3.8, 4) is 11.5 Å². The first-order valence-corrected chi connectivity index (χ1v) is 8.98. The Hall–Kier alpha value is -2.66. The molecular weight excluding hydrogens is 328 g/mol. The molecule has 1 aliphatic heterocycles. The SMILES string of the molecule is Cc1cc(CNCC2COc3ccccc3O2)c(C)n1Cc1ccco1. The number of hydrogen-bond acceptors (Lipinski definition) is 4. The first-order valence-electron chi connectivity index (χ1n) is 8.98. The van der Waals surface area contributed by atoms with Gasteiger partial charge in [0.15, 0.2) is 11.5 Å². The van der Waals surface area contributed by atoms with E-state index in [-0.39, 0.29) is 6.10 Å². The van der Waals surface area contributed by atoms with Gasteiger partial charge in [0.1, 0.15) is 18.5 Å². The summed E-state index contributed by atoms with van der Waals surface area (Å²) in [5, 5.41) is 3.50. The van der Waals surface area contributed by atoms with Crippen LogP contribution in [0.5, 0.6) is 11.5 Å². The summed E-state index contributed by atoms with van der Waals surface area (Å²) in [5.41, 5.74) is 3.80. The second-order valence-electron chi connectivity index (χ2n) is 6.69. The summed E-state index contributed by atoms with van der Waals surface area (Å²) >= 11 is 0. The molecule has 26 heavy (non-hydrogen) atoms. The van der Waals surface area contributed by atoms with E-state index in [0.717, 1.165) is 36.9 Å². The third-order valence-corrected chi connectivity index (χ3v) is 4.83. The van der Waals surface area contributed by atoms with E-state index >= 15 is 0 Å².